The van der Waals surface area contributed by atoms with Gasteiger partial charge in [0.1, 0.15) is 0 Å². The van der Waals surface area contributed by atoms with Gasteiger partial charge in [0, 0.05) is 6.61 Å². The largest absolute Gasteiger partial charge is 0.396 e. The maximum atomic E-state index is 11.3. The fraction of sp³-hybridized carbons (Fsp3) is 1.00. The molecule has 0 radical (unpaired) electrons. The van der Waals surface area contributed by atoms with Crippen LogP contribution >= 0.6 is 0 Å². The third kappa shape index (κ3) is 3.73. The zero-order chi connectivity index (χ0) is 5.70. The molecule has 0 aromatic carbocycles. The van der Waals surface area contributed by atoms with Crippen LogP contribution in [-0.4, -0.2) is 18.4 Å². The van der Waals surface area contributed by atoms with Crippen LogP contribution in [0.1, 0.15) is 13.3 Å². The first-order valence-corrected chi connectivity index (χ1v) is 2.48. The molecular weight excluding hydrogens is 95.1 g/mol. The Kier molecular flexibility index (Phi) is 4.00. The molecule has 0 aliphatic carbocycles. The molecule has 0 fully saturated rings. The van der Waals surface area contributed by atoms with E-state index in [9.17, 15) is 4.39 Å². The molecule has 44 valence electrons. The number of hydrogen-bond donors (Lipinski definition) is 1. The first kappa shape index (κ1) is 6.89. The van der Waals surface area contributed by atoms with Crippen molar-refractivity contribution in [3.63, 3.8) is 0 Å². The summed E-state index contributed by atoms with van der Waals surface area (Å²) in [5, 5.41) is 8.30. The Hall–Kier alpha value is -0.110. The van der Waals surface area contributed by atoms with Crippen molar-refractivity contribution < 1.29 is 9.50 Å². The van der Waals surface area contributed by atoms with Crippen LogP contribution in [0.4, 0.5) is 4.39 Å². The Balaban J connectivity index is 2.83. The molecule has 0 aliphatic heterocycles. The normalized spacial score (nSPS) is 14.1. The molecule has 0 saturated heterocycles. The van der Waals surface area contributed by atoms with Crippen LogP contribution < -0.4 is 0 Å². The van der Waals surface area contributed by atoms with Crippen molar-refractivity contribution in [1.29, 1.82) is 0 Å². The lowest BCUT2D eigenvalue weighted by molar-refractivity contribution is 0.220. The number of aliphatic hydroxyl groups is 1. The van der Waals surface area contributed by atoms with Crippen LogP contribution in [0.3, 0.4) is 0 Å². The van der Waals surface area contributed by atoms with Crippen molar-refractivity contribution in [2.45, 2.75) is 13.3 Å². The van der Waals surface area contributed by atoms with Gasteiger partial charge in [-0.05, 0) is 12.3 Å². The maximum absolute atomic E-state index is 11.3. The first-order valence-electron chi connectivity index (χ1n) is 2.48. The van der Waals surface area contributed by atoms with Crippen molar-refractivity contribution in [3.8, 4) is 0 Å². The second-order valence-electron chi connectivity index (χ2n) is 1.77. The Morgan fingerprint density at radius 3 is 2.43 bits per heavy atom. The third-order valence-corrected chi connectivity index (χ3v) is 0.914. The maximum Gasteiger partial charge on any atom is 0.0897 e. The Morgan fingerprint density at radius 1 is 1.71 bits per heavy atom. The van der Waals surface area contributed by atoms with Crippen molar-refractivity contribution in [3.05, 3.63) is 0 Å². The second kappa shape index (κ2) is 4.06. The van der Waals surface area contributed by atoms with Gasteiger partial charge >= 0.3 is 0 Å². The Morgan fingerprint density at radius 2 is 2.29 bits per heavy atom. The third-order valence-electron chi connectivity index (χ3n) is 0.914. The average molecular weight is 106 g/mol. The van der Waals surface area contributed by atoms with Crippen LogP contribution in [0.15, 0.2) is 0 Å². The zero-order valence-corrected chi connectivity index (χ0v) is 4.52. The van der Waals surface area contributed by atoms with Gasteiger partial charge in [0.15, 0.2) is 0 Å². The minimum Gasteiger partial charge on any atom is -0.396 e. The summed E-state index contributed by atoms with van der Waals surface area (Å²) in [5.41, 5.74) is 0. The molecule has 0 aromatic heterocycles. The summed E-state index contributed by atoms with van der Waals surface area (Å²) < 4.78 is 11.3. The van der Waals surface area contributed by atoms with Gasteiger partial charge in [0.25, 0.3) is 0 Å². The fourth-order valence-corrected chi connectivity index (χ4v) is 0.278. The van der Waals surface area contributed by atoms with E-state index in [0.29, 0.717) is 6.42 Å². The zero-order valence-electron chi connectivity index (χ0n) is 4.52. The van der Waals surface area contributed by atoms with Gasteiger partial charge in [0.2, 0.25) is 0 Å². The van der Waals surface area contributed by atoms with Crippen molar-refractivity contribution in [2.75, 3.05) is 13.3 Å². The first-order chi connectivity index (χ1) is 3.31. The molecule has 1 N–H and O–H groups in total. The quantitative estimate of drug-likeness (QED) is 0.568. The summed E-state index contributed by atoms with van der Waals surface area (Å²) >= 11 is 0. The summed E-state index contributed by atoms with van der Waals surface area (Å²) in [4.78, 5) is 0. The minimum atomic E-state index is -0.318. The predicted molar refractivity (Wildman–Crippen MR) is 26.8 cm³/mol. The van der Waals surface area contributed by atoms with Gasteiger partial charge in [-0.3, -0.25) is 4.39 Å². The summed E-state index contributed by atoms with van der Waals surface area (Å²) in [6.07, 6.45) is 0.483. The SMILES string of the molecule is C[C@H](CO)CCF. The number of halogens is 1. The Labute approximate surface area is 43.2 Å². The second-order valence-corrected chi connectivity index (χ2v) is 1.77. The fourth-order valence-electron chi connectivity index (χ4n) is 0.278. The van der Waals surface area contributed by atoms with E-state index in [0.717, 1.165) is 0 Å². The van der Waals surface area contributed by atoms with E-state index in [4.69, 9.17) is 5.11 Å². The highest BCUT2D eigenvalue weighted by Crippen LogP contribution is 1.98. The standard InChI is InChI=1S/C5H11FO/c1-5(4-7)2-3-6/h5,7H,2-4H2,1H3/t5-/m0/s1. The molecule has 0 aliphatic rings. The predicted octanol–water partition coefficient (Wildman–Crippen LogP) is 0.974. The van der Waals surface area contributed by atoms with Crippen molar-refractivity contribution in [2.24, 2.45) is 5.92 Å². The van der Waals surface area contributed by atoms with Crippen LogP contribution in [0.25, 0.3) is 0 Å². The molecule has 0 unspecified atom stereocenters. The molecule has 0 saturated carbocycles. The smallest absolute Gasteiger partial charge is 0.0897 e. The molecule has 7 heavy (non-hydrogen) atoms. The lowest BCUT2D eigenvalue weighted by atomic mass is 10.1. The van der Waals surface area contributed by atoms with E-state index >= 15 is 0 Å². The number of rotatable bonds is 3. The van der Waals surface area contributed by atoms with E-state index in [1.54, 1.807) is 0 Å². The minimum absolute atomic E-state index is 0.101. The van der Waals surface area contributed by atoms with E-state index in [2.05, 4.69) is 0 Å². The summed E-state index contributed by atoms with van der Waals surface area (Å²) in [6.45, 7) is 1.60. The lowest BCUT2D eigenvalue weighted by Crippen LogP contribution is -2.00. The molecule has 0 spiro atoms. The van der Waals surface area contributed by atoms with E-state index in [1.165, 1.54) is 0 Å². The number of alkyl halides is 1. The summed E-state index contributed by atoms with van der Waals surface area (Å²) in [5.74, 6) is 0.130. The summed E-state index contributed by atoms with van der Waals surface area (Å²) in [6, 6.07) is 0. The molecule has 0 amide bonds. The van der Waals surface area contributed by atoms with Crippen molar-refractivity contribution >= 4 is 0 Å². The highest BCUT2D eigenvalue weighted by Gasteiger charge is 1.95. The van der Waals surface area contributed by atoms with Gasteiger partial charge in [-0.2, -0.15) is 0 Å². The summed E-state index contributed by atoms with van der Waals surface area (Å²) in [7, 11) is 0. The monoisotopic (exact) mass is 106 g/mol. The van der Waals surface area contributed by atoms with Crippen LogP contribution in [-0.2, 0) is 0 Å². The molecule has 0 bridgehead atoms. The molecular formula is C5H11FO. The topological polar surface area (TPSA) is 20.2 Å². The molecule has 1 nitrogen and oxygen atoms in total. The van der Waals surface area contributed by atoms with Crippen LogP contribution in [0, 0.1) is 5.92 Å². The van der Waals surface area contributed by atoms with E-state index < -0.39 is 0 Å². The number of hydrogen-bond acceptors (Lipinski definition) is 1. The lowest BCUT2D eigenvalue weighted by Gasteiger charge is -2.00. The van der Waals surface area contributed by atoms with Gasteiger partial charge in [-0.15, -0.1) is 0 Å². The van der Waals surface area contributed by atoms with Crippen molar-refractivity contribution in [1.82, 2.24) is 0 Å². The molecule has 0 aromatic rings. The van der Waals surface area contributed by atoms with Crippen LogP contribution in [0.2, 0.25) is 0 Å². The van der Waals surface area contributed by atoms with Crippen LogP contribution in [0.5, 0.6) is 0 Å². The van der Waals surface area contributed by atoms with Gasteiger partial charge in [0.05, 0.1) is 6.67 Å². The molecule has 1 atom stereocenters. The highest BCUT2D eigenvalue weighted by molar-refractivity contribution is 4.46. The van der Waals surface area contributed by atoms with E-state index in [-0.39, 0.29) is 19.2 Å². The molecule has 0 heterocycles. The average Bonchev–Trinajstić information content (AvgIpc) is 1.68. The van der Waals surface area contributed by atoms with E-state index in [1.807, 2.05) is 6.92 Å². The highest BCUT2D eigenvalue weighted by atomic mass is 19.1. The molecule has 2 heteroatoms. The number of aliphatic hydroxyl groups excluding tert-OH is 1. The van der Waals surface area contributed by atoms with Gasteiger partial charge in [-0.25, -0.2) is 0 Å². The Bertz CT molecular complexity index is 39.1. The van der Waals surface area contributed by atoms with Gasteiger partial charge in [-0.1, -0.05) is 6.92 Å². The van der Waals surface area contributed by atoms with Gasteiger partial charge < -0.3 is 5.11 Å². The molecule has 0 rings (SSSR count).